The Balaban J connectivity index is 1.21. The summed E-state index contributed by atoms with van der Waals surface area (Å²) in [6, 6.07) is 25.9. The van der Waals surface area contributed by atoms with Crippen molar-refractivity contribution < 1.29 is 0 Å². The molecule has 1 atom stereocenters. The maximum Gasteiger partial charge on any atom is 0.121 e. The minimum atomic E-state index is 0.272. The van der Waals surface area contributed by atoms with Crippen molar-refractivity contribution in [3.8, 4) is 0 Å². The van der Waals surface area contributed by atoms with Gasteiger partial charge in [-0.25, -0.2) is 4.98 Å². The maximum absolute atomic E-state index is 4.99. The molecule has 5 aromatic rings. The van der Waals surface area contributed by atoms with E-state index in [1.54, 1.807) is 0 Å². The van der Waals surface area contributed by atoms with E-state index in [2.05, 4.69) is 81.7 Å². The third-order valence-electron chi connectivity index (χ3n) is 7.49. The fraction of sp³-hybridized carbons (Fsp3) is 0.281. The van der Waals surface area contributed by atoms with E-state index in [1.807, 2.05) is 30.6 Å². The number of aryl methyl sites for hydroxylation is 2. The highest BCUT2D eigenvalue weighted by Gasteiger charge is 2.28. The minimum Gasteiger partial charge on any atom is -0.341 e. The fourth-order valence-corrected chi connectivity index (χ4v) is 5.55. The second-order valence-corrected chi connectivity index (χ2v) is 10.3. The Morgan fingerprint density at radius 3 is 2.58 bits per heavy atom. The van der Waals surface area contributed by atoms with Crippen LogP contribution in [0.4, 0.5) is 0 Å². The van der Waals surface area contributed by atoms with Crippen molar-refractivity contribution in [2.45, 2.75) is 58.4 Å². The highest BCUT2D eigenvalue weighted by Crippen LogP contribution is 2.34. The lowest BCUT2D eigenvalue weighted by Gasteiger charge is -2.34. The Kier molecular flexibility index (Phi) is 7.25. The number of para-hydroxylation sites is 1. The van der Waals surface area contributed by atoms with Crippen LogP contribution in [0.25, 0.3) is 11.0 Å². The SMILES string of the molecule is Cc1cccc2[nH]c(CN(Cc3ccc(CNCc4ccccn4)cc3)C3CCCc4cccnc43)nc12. The molecule has 2 N–H and O–H groups in total. The van der Waals surface area contributed by atoms with Gasteiger partial charge in [-0.3, -0.25) is 14.9 Å². The topological polar surface area (TPSA) is 69.7 Å². The number of pyridine rings is 2. The number of hydrogen-bond donors (Lipinski definition) is 2. The lowest BCUT2D eigenvalue weighted by atomic mass is 9.90. The second-order valence-electron chi connectivity index (χ2n) is 10.3. The van der Waals surface area contributed by atoms with Crippen molar-refractivity contribution in [2.75, 3.05) is 0 Å². The Morgan fingerprint density at radius 1 is 0.868 bits per heavy atom. The molecule has 6 rings (SSSR count). The molecule has 0 saturated carbocycles. The van der Waals surface area contributed by atoms with Crippen LogP contribution in [-0.4, -0.2) is 24.8 Å². The number of fused-ring (bicyclic) bond motifs is 2. The van der Waals surface area contributed by atoms with E-state index < -0.39 is 0 Å². The van der Waals surface area contributed by atoms with E-state index in [0.717, 1.165) is 61.6 Å². The highest BCUT2D eigenvalue weighted by atomic mass is 15.2. The molecule has 3 aromatic heterocycles. The summed E-state index contributed by atoms with van der Waals surface area (Å²) in [5.41, 5.74) is 9.60. The summed E-state index contributed by atoms with van der Waals surface area (Å²) >= 11 is 0. The van der Waals surface area contributed by atoms with Crippen LogP contribution >= 0.6 is 0 Å². The van der Waals surface area contributed by atoms with Gasteiger partial charge in [0.25, 0.3) is 0 Å². The Morgan fingerprint density at radius 2 is 1.74 bits per heavy atom. The van der Waals surface area contributed by atoms with Gasteiger partial charge in [0.1, 0.15) is 5.82 Å². The first-order valence-electron chi connectivity index (χ1n) is 13.5. The van der Waals surface area contributed by atoms with Gasteiger partial charge in [-0.05, 0) is 72.7 Å². The second kappa shape index (κ2) is 11.3. The zero-order valence-electron chi connectivity index (χ0n) is 21.9. The first-order chi connectivity index (χ1) is 18.7. The van der Waals surface area contributed by atoms with Gasteiger partial charge in [-0.2, -0.15) is 0 Å². The third-order valence-corrected chi connectivity index (χ3v) is 7.49. The summed E-state index contributed by atoms with van der Waals surface area (Å²) < 4.78 is 0. The summed E-state index contributed by atoms with van der Waals surface area (Å²) in [6.45, 7) is 5.31. The summed E-state index contributed by atoms with van der Waals surface area (Å²) in [6.07, 6.45) is 7.17. The molecule has 1 aliphatic rings. The number of benzene rings is 2. The molecule has 0 amide bonds. The molecule has 1 unspecified atom stereocenters. The van der Waals surface area contributed by atoms with Crippen LogP contribution in [0.15, 0.2) is 85.2 Å². The van der Waals surface area contributed by atoms with Gasteiger partial charge in [-0.1, -0.05) is 48.5 Å². The number of H-pyrrole nitrogens is 1. The molecule has 0 saturated heterocycles. The minimum absolute atomic E-state index is 0.272. The summed E-state index contributed by atoms with van der Waals surface area (Å²) in [4.78, 5) is 20.3. The summed E-state index contributed by atoms with van der Waals surface area (Å²) in [7, 11) is 0. The quantitative estimate of drug-likeness (QED) is 0.258. The zero-order valence-corrected chi connectivity index (χ0v) is 21.9. The molecule has 38 heavy (non-hydrogen) atoms. The van der Waals surface area contributed by atoms with Crippen molar-refractivity contribution in [3.05, 3.63) is 125 Å². The van der Waals surface area contributed by atoms with Crippen LogP contribution in [0.2, 0.25) is 0 Å². The van der Waals surface area contributed by atoms with Crippen LogP contribution in [0.1, 0.15) is 58.3 Å². The van der Waals surface area contributed by atoms with E-state index >= 15 is 0 Å². The van der Waals surface area contributed by atoms with Crippen LogP contribution in [-0.2, 0) is 32.6 Å². The van der Waals surface area contributed by atoms with Crippen LogP contribution in [0, 0.1) is 6.92 Å². The third kappa shape index (κ3) is 5.52. The van der Waals surface area contributed by atoms with Crippen LogP contribution < -0.4 is 5.32 Å². The molecule has 1 aliphatic carbocycles. The van der Waals surface area contributed by atoms with Crippen LogP contribution in [0.3, 0.4) is 0 Å². The van der Waals surface area contributed by atoms with Crippen molar-refractivity contribution in [3.63, 3.8) is 0 Å². The van der Waals surface area contributed by atoms with E-state index in [0.29, 0.717) is 0 Å². The Bertz CT molecular complexity index is 1490. The van der Waals surface area contributed by atoms with E-state index in [-0.39, 0.29) is 6.04 Å². The normalized spacial score (nSPS) is 15.2. The monoisotopic (exact) mass is 502 g/mol. The van der Waals surface area contributed by atoms with Gasteiger partial charge in [0, 0.05) is 32.0 Å². The molecule has 0 radical (unpaired) electrons. The molecule has 0 aliphatic heterocycles. The van der Waals surface area contributed by atoms with Gasteiger partial charge in [-0.15, -0.1) is 0 Å². The highest BCUT2D eigenvalue weighted by molar-refractivity contribution is 5.78. The number of aromatic nitrogens is 4. The standard InChI is InChI=1S/C32H34N6/c1-23-7-4-11-28-31(23)37-30(36-28)22-38(29-12-5-8-26-9-6-18-35-32(26)29)21-25-15-13-24(14-16-25)19-33-20-27-10-2-3-17-34-27/h2-4,6-7,9-11,13-18,29,33H,5,8,12,19-22H2,1H3,(H,36,37). The van der Waals surface area contributed by atoms with E-state index in [4.69, 9.17) is 9.97 Å². The molecule has 3 heterocycles. The molecule has 2 aromatic carbocycles. The summed E-state index contributed by atoms with van der Waals surface area (Å²) in [5.74, 6) is 1.01. The number of imidazole rings is 1. The van der Waals surface area contributed by atoms with Crippen molar-refractivity contribution >= 4 is 11.0 Å². The molecule has 0 bridgehead atoms. The van der Waals surface area contributed by atoms with Gasteiger partial charge < -0.3 is 10.3 Å². The maximum atomic E-state index is 4.99. The molecule has 6 nitrogen and oxygen atoms in total. The number of nitrogens with zero attached hydrogens (tertiary/aromatic N) is 4. The number of aromatic amines is 1. The largest absolute Gasteiger partial charge is 0.341 e. The Hall–Kier alpha value is -3.87. The van der Waals surface area contributed by atoms with Gasteiger partial charge >= 0.3 is 0 Å². The van der Waals surface area contributed by atoms with Crippen LogP contribution in [0.5, 0.6) is 0 Å². The lowest BCUT2D eigenvalue weighted by molar-refractivity contribution is 0.153. The van der Waals surface area contributed by atoms with Crippen molar-refractivity contribution in [1.82, 2.24) is 30.2 Å². The van der Waals surface area contributed by atoms with Crippen molar-refractivity contribution in [1.29, 1.82) is 0 Å². The summed E-state index contributed by atoms with van der Waals surface area (Å²) in [5, 5.41) is 3.50. The predicted octanol–water partition coefficient (Wildman–Crippen LogP) is 6.03. The molecule has 192 valence electrons. The Labute approximate surface area is 224 Å². The van der Waals surface area contributed by atoms with E-state index in [9.17, 15) is 0 Å². The fourth-order valence-electron chi connectivity index (χ4n) is 5.55. The zero-order chi connectivity index (χ0) is 25.7. The number of nitrogens with one attached hydrogen (secondary N) is 2. The first-order valence-corrected chi connectivity index (χ1v) is 13.5. The average molecular weight is 503 g/mol. The molecular formula is C32H34N6. The van der Waals surface area contributed by atoms with Gasteiger partial charge in [0.2, 0.25) is 0 Å². The van der Waals surface area contributed by atoms with Gasteiger partial charge in [0.15, 0.2) is 0 Å². The first kappa shape index (κ1) is 24.5. The van der Waals surface area contributed by atoms with Gasteiger partial charge in [0.05, 0.1) is 35.0 Å². The average Bonchev–Trinajstić information content (AvgIpc) is 3.38. The smallest absolute Gasteiger partial charge is 0.121 e. The predicted molar refractivity (Wildman–Crippen MR) is 151 cm³/mol. The number of rotatable bonds is 9. The van der Waals surface area contributed by atoms with Crippen molar-refractivity contribution in [2.24, 2.45) is 0 Å². The number of hydrogen-bond acceptors (Lipinski definition) is 5. The molecule has 6 heteroatoms. The molecular weight excluding hydrogens is 468 g/mol. The molecule has 0 fully saturated rings. The van der Waals surface area contributed by atoms with E-state index in [1.165, 1.54) is 34.4 Å². The molecule has 0 spiro atoms. The lowest BCUT2D eigenvalue weighted by Crippen LogP contribution is -2.31.